The summed E-state index contributed by atoms with van der Waals surface area (Å²) in [4.78, 5) is 0. The van der Waals surface area contributed by atoms with Gasteiger partial charge in [-0.2, -0.15) is 0 Å². The Morgan fingerprint density at radius 3 is 1.34 bits per heavy atom. The monoisotopic (exact) mass is 830 g/mol. The van der Waals surface area contributed by atoms with Crippen LogP contribution in [-0.2, 0) is 0 Å². The quantitative estimate of drug-likeness (QED) is 0.146. The Kier molecular flexibility index (Phi) is 8.29. The number of hydrogen-bond acceptors (Lipinski definition) is 0. The van der Waals surface area contributed by atoms with Crippen LogP contribution in [0.4, 0.5) is 0 Å². The molecule has 0 bridgehead atoms. The minimum Gasteiger partial charge on any atom is -0.0616 e. The van der Waals surface area contributed by atoms with Crippen LogP contribution >= 0.6 is 0 Å². The SMILES string of the molecule is CC(C)c1cc(C(C)C)c(-c2ccc3c(c2)c2cccc4c5c(-c6ccc7ccccc7c6)c6c7cccc8cccc(c6c(-c6ccc9ccccc9c6)c5cc3c24)c87)c(C(C)C)c1. The molecule has 0 aliphatic carbocycles. The summed E-state index contributed by atoms with van der Waals surface area (Å²) >= 11 is 0. The second-order valence-electron chi connectivity index (χ2n) is 19.7. The predicted octanol–water partition coefficient (Wildman–Crippen LogP) is 19.3. The molecule has 13 aromatic rings. The summed E-state index contributed by atoms with van der Waals surface area (Å²) < 4.78 is 0. The maximum Gasteiger partial charge on any atom is -0.000719 e. The molecule has 0 atom stereocenters. The molecule has 310 valence electrons. The van der Waals surface area contributed by atoms with E-state index in [1.807, 2.05) is 0 Å². The van der Waals surface area contributed by atoms with Crippen LogP contribution in [0, 0.1) is 0 Å². The summed E-state index contributed by atoms with van der Waals surface area (Å²) in [5.74, 6) is 1.28. The molecule has 13 aromatic carbocycles. The van der Waals surface area contributed by atoms with Crippen molar-refractivity contribution in [2.45, 2.75) is 59.3 Å². The Morgan fingerprint density at radius 2 is 0.738 bits per heavy atom. The Morgan fingerprint density at radius 1 is 0.246 bits per heavy atom. The summed E-state index contributed by atoms with van der Waals surface area (Å²) in [6.07, 6.45) is 0. The van der Waals surface area contributed by atoms with Crippen LogP contribution in [0.25, 0.3) is 130 Å². The molecular formula is C65H50. The Labute approximate surface area is 380 Å². The van der Waals surface area contributed by atoms with E-state index in [1.165, 1.54) is 147 Å². The largest absolute Gasteiger partial charge is 0.0616 e. The van der Waals surface area contributed by atoms with Gasteiger partial charge in [0.15, 0.2) is 0 Å². The number of hydrogen-bond donors (Lipinski definition) is 0. The van der Waals surface area contributed by atoms with Crippen LogP contribution in [0.1, 0.15) is 76.0 Å². The molecule has 0 aliphatic rings. The van der Waals surface area contributed by atoms with E-state index in [0.29, 0.717) is 17.8 Å². The zero-order valence-corrected chi connectivity index (χ0v) is 38.0. The van der Waals surface area contributed by atoms with Gasteiger partial charge in [0.1, 0.15) is 0 Å². The molecule has 0 nitrogen and oxygen atoms in total. The fraction of sp³-hybridized carbons (Fsp3) is 0.138. The molecule has 0 fully saturated rings. The lowest BCUT2D eigenvalue weighted by atomic mass is 9.81. The molecule has 13 rings (SSSR count). The van der Waals surface area contributed by atoms with Crippen LogP contribution in [-0.4, -0.2) is 0 Å². The van der Waals surface area contributed by atoms with Crippen molar-refractivity contribution in [1.29, 1.82) is 0 Å². The number of benzene rings is 11. The van der Waals surface area contributed by atoms with Gasteiger partial charge in [0.25, 0.3) is 0 Å². The first-order valence-corrected chi connectivity index (χ1v) is 23.7. The molecule has 0 saturated carbocycles. The lowest BCUT2D eigenvalue weighted by Crippen LogP contribution is -2.03. The van der Waals surface area contributed by atoms with Crippen LogP contribution < -0.4 is 0 Å². The van der Waals surface area contributed by atoms with Crippen LogP contribution in [0.15, 0.2) is 176 Å². The average Bonchev–Trinajstić information content (AvgIpc) is 3.83. The van der Waals surface area contributed by atoms with Gasteiger partial charge in [0.05, 0.1) is 0 Å². The van der Waals surface area contributed by atoms with Crippen molar-refractivity contribution in [3.05, 3.63) is 193 Å². The smallest absolute Gasteiger partial charge is 0.000719 e. The second kappa shape index (κ2) is 14.1. The van der Waals surface area contributed by atoms with Crippen molar-refractivity contribution in [1.82, 2.24) is 0 Å². The first-order chi connectivity index (χ1) is 31.7. The van der Waals surface area contributed by atoms with E-state index in [4.69, 9.17) is 0 Å². The third-order valence-corrected chi connectivity index (χ3v) is 15.0. The first-order valence-electron chi connectivity index (χ1n) is 23.7. The number of rotatable bonds is 6. The van der Waals surface area contributed by atoms with E-state index in [1.54, 1.807) is 0 Å². The Bertz CT molecular complexity index is 4050. The van der Waals surface area contributed by atoms with Gasteiger partial charge in [-0.1, -0.05) is 193 Å². The minimum absolute atomic E-state index is 0.403. The van der Waals surface area contributed by atoms with Crippen LogP contribution in [0.3, 0.4) is 0 Å². The molecule has 0 amide bonds. The topological polar surface area (TPSA) is 0 Å². The van der Waals surface area contributed by atoms with Gasteiger partial charge in [-0.05, 0) is 189 Å². The van der Waals surface area contributed by atoms with Crippen molar-refractivity contribution < 1.29 is 0 Å². The second-order valence-corrected chi connectivity index (χ2v) is 19.7. The van der Waals surface area contributed by atoms with Crippen molar-refractivity contribution in [3.63, 3.8) is 0 Å². The first kappa shape index (κ1) is 38.2. The molecule has 0 N–H and O–H groups in total. The number of fused-ring (bicyclic) bond motifs is 10. The fourth-order valence-corrected chi connectivity index (χ4v) is 11.9. The van der Waals surface area contributed by atoms with E-state index in [9.17, 15) is 0 Å². The molecule has 65 heavy (non-hydrogen) atoms. The van der Waals surface area contributed by atoms with Gasteiger partial charge < -0.3 is 0 Å². The van der Waals surface area contributed by atoms with E-state index >= 15 is 0 Å². The van der Waals surface area contributed by atoms with E-state index in [2.05, 4.69) is 217 Å². The molecule has 0 heteroatoms. The van der Waals surface area contributed by atoms with Crippen molar-refractivity contribution in [2.24, 2.45) is 0 Å². The highest BCUT2D eigenvalue weighted by Gasteiger charge is 2.27. The molecular weight excluding hydrogens is 781 g/mol. The van der Waals surface area contributed by atoms with Crippen molar-refractivity contribution in [3.8, 4) is 33.4 Å². The summed E-state index contributed by atoms with van der Waals surface area (Å²) in [5, 5.41) is 23.6. The zero-order valence-electron chi connectivity index (χ0n) is 38.0. The van der Waals surface area contributed by atoms with Crippen LogP contribution in [0.5, 0.6) is 0 Å². The van der Waals surface area contributed by atoms with E-state index in [-0.39, 0.29) is 0 Å². The van der Waals surface area contributed by atoms with Gasteiger partial charge in [-0.25, -0.2) is 0 Å². The summed E-state index contributed by atoms with van der Waals surface area (Å²) in [6.45, 7) is 14.1. The maximum absolute atomic E-state index is 2.58. The molecule has 0 radical (unpaired) electrons. The summed E-state index contributed by atoms with van der Waals surface area (Å²) in [7, 11) is 0. The molecule has 0 aliphatic heterocycles. The molecule has 0 heterocycles. The zero-order chi connectivity index (χ0) is 43.8. The summed E-state index contributed by atoms with van der Waals surface area (Å²) in [5.41, 5.74) is 12.2. The van der Waals surface area contributed by atoms with Gasteiger partial charge in [-0.3, -0.25) is 0 Å². The highest BCUT2D eigenvalue weighted by molar-refractivity contribution is 6.45. The normalized spacial score (nSPS) is 12.6. The highest BCUT2D eigenvalue weighted by atomic mass is 14.3. The van der Waals surface area contributed by atoms with Gasteiger partial charge in [0.2, 0.25) is 0 Å². The summed E-state index contributed by atoms with van der Waals surface area (Å²) in [6, 6.07) is 67.8. The minimum atomic E-state index is 0.403. The van der Waals surface area contributed by atoms with Gasteiger partial charge in [-0.15, -0.1) is 0 Å². The molecule has 0 spiro atoms. The van der Waals surface area contributed by atoms with Crippen molar-refractivity contribution >= 4 is 97.0 Å². The molecule has 0 aromatic heterocycles. The standard InChI is InChI=1S/C65H50/c1-36(2)47-33-53(37(3)4)59(54(34-47)38(5)6)46-28-29-48-55(32-46)49-20-13-23-52-62(49)56(48)35-57-60(44-26-24-39-14-7-9-16-42(39)30-44)64-50-21-11-18-41-19-12-22-51(58(41)50)65(64)61(63(52)57)45-27-25-40-15-8-10-17-43(40)31-45/h7-38H,1-6H3. The third-order valence-electron chi connectivity index (χ3n) is 15.0. The van der Waals surface area contributed by atoms with Crippen molar-refractivity contribution in [2.75, 3.05) is 0 Å². The predicted molar refractivity (Wildman–Crippen MR) is 285 cm³/mol. The lowest BCUT2D eigenvalue weighted by Gasteiger charge is -2.23. The molecule has 0 unspecified atom stereocenters. The van der Waals surface area contributed by atoms with Gasteiger partial charge in [0, 0.05) is 0 Å². The average molecular weight is 831 g/mol. The Hall–Kier alpha value is -7.28. The maximum atomic E-state index is 2.58. The fourth-order valence-electron chi connectivity index (χ4n) is 11.9. The van der Waals surface area contributed by atoms with E-state index in [0.717, 1.165) is 0 Å². The van der Waals surface area contributed by atoms with E-state index < -0.39 is 0 Å². The highest BCUT2D eigenvalue weighted by Crippen LogP contribution is 2.55. The van der Waals surface area contributed by atoms with Crippen LogP contribution in [0.2, 0.25) is 0 Å². The Balaban J connectivity index is 1.23. The molecule has 0 saturated heterocycles. The van der Waals surface area contributed by atoms with Gasteiger partial charge >= 0.3 is 0 Å². The third kappa shape index (κ3) is 5.50. The lowest BCUT2D eigenvalue weighted by molar-refractivity contribution is 0.807.